The van der Waals surface area contributed by atoms with Crippen molar-refractivity contribution in [3.63, 3.8) is 0 Å². The molecule has 11 nitrogen and oxygen atoms in total. The van der Waals surface area contributed by atoms with Crippen molar-refractivity contribution >= 4 is 21.6 Å². The summed E-state index contributed by atoms with van der Waals surface area (Å²) in [6, 6.07) is 12.3. The van der Waals surface area contributed by atoms with Gasteiger partial charge in [0.1, 0.15) is 17.2 Å². The molecule has 32 heavy (non-hydrogen) atoms. The van der Waals surface area contributed by atoms with Crippen LogP contribution < -0.4 is 20.0 Å². The monoisotopic (exact) mass is 458 g/mol. The van der Waals surface area contributed by atoms with Crippen molar-refractivity contribution in [1.29, 1.82) is 0 Å². The van der Waals surface area contributed by atoms with Crippen LogP contribution in [0.25, 0.3) is 5.57 Å². The lowest BCUT2D eigenvalue weighted by molar-refractivity contribution is 0.364. The van der Waals surface area contributed by atoms with Gasteiger partial charge in [0.2, 0.25) is 0 Å². The van der Waals surface area contributed by atoms with Crippen molar-refractivity contribution in [3.8, 4) is 11.5 Å². The molecular formula is C20H22N6O5S. The zero-order chi connectivity index (χ0) is 22.9. The van der Waals surface area contributed by atoms with Crippen molar-refractivity contribution in [2.24, 2.45) is 5.84 Å². The van der Waals surface area contributed by atoms with E-state index >= 15 is 0 Å². The number of nitrogens with two attached hydrogens (primary N) is 1. The van der Waals surface area contributed by atoms with Crippen LogP contribution in [0.2, 0.25) is 0 Å². The Morgan fingerprint density at radius 2 is 1.91 bits per heavy atom. The fourth-order valence-electron chi connectivity index (χ4n) is 3.58. The molecule has 1 aliphatic rings. The van der Waals surface area contributed by atoms with E-state index < -0.39 is 10.3 Å². The number of hydrogen-bond acceptors (Lipinski definition) is 8. The molecule has 168 valence electrons. The van der Waals surface area contributed by atoms with Gasteiger partial charge in [-0.1, -0.05) is 29.5 Å². The Balaban J connectivity index is 1.69. The first kappa shape index (κ1) is 21.6. The van der Waals surface area contributed by atoms with Crippen molar-refractivity contribution < 1.29 is 22.4 Å². The molecule has 4 rings (SSSR count). The van der Waals surface area contributed by atoms with Gasteiger partial charge in [-0.25, -0.2) is 10.5 Å². The lowest BCUT2D eigenvalue weighted by Gasteiger charge is -2.23. The molecule has 0 unspecified atom stereocenters. The van der Waals surface area contributed by atoms with Crippen LogP contribution in [-0.2, 0) is 23.4 Å². The number of para-hydroxylation sites is 1. The summed E-state index contributed by atoms with van der Waals surface area (Å²) in [5.41, 5.74) is 4.04. The topological polar surface area (TPSA) is 145 Å². The third kappa shape index (κ3) is 4.37. The van der Waals surface area contributed by atoms with E-state index in [1.54, 1.807) is 29.1 Å². The molecule has 0 saturated carbocycles. The van der Waals surface area contributed by atoms with Gasteiger partial charge in [-0.15, -0.1) is 5.10 Å². The van der Waals surface area contributed by atoms with Crippen LogP contribution in [0, 0.1) is 0 Å². The molecule has 2 aromatic carbocycles. The fraction of sp³-hybridized carbons (Fsp3) is 0.200. The Morgan fingerprint density at radius 1 is 1.16 bits per heavy atom. The van der Waals surface area contributed by atoms with Crippen LogP contribution in [0.15, 0.2) is 48.7 Å². The average molecular weight is 459 g/mol. The van der Waals surface area contributed by atoms with E-state index in [2.05, 4.69) is 10.3 Å². The molecule has 0 fully saturated rings. The largest absolute Gasteiger partial charge is 0.496 e. The Bertz CT molecular complexity index is 1290. The second kappa shape index (κ2) is 8.49. The van der Waals surface area contributed by atoms with E-state index in [9.17, 15) is 8.42 Å². The van der Waals surface area contributed by atoms with Crippen molar-refractivity contribution in [1.82, 2.24) is 20.0 Å². The second-order valence-electron chi connectivity index (χ2n) is 7.06. The molecule has 0 saturated heterocycles. The lowest BCUT2D eigenvalue weighted by atomic mass is 9.99. The number of benzene rings is 2. The first-order chi connectivity index (χ1) is 15.3. The number of fused-ring (bicyclic) bond motifs is 1. The van der Waals surface area contributed by atoms with Crippen LogP contribution in [-0.4, -0.2) is 47.2 Å². The minimum Gasteiger partial charge on any atom is -0.496 e. The number of hydrogen-bond donors (Lipinski definition) is 3. The molecule has 0 amide bonds. The van der Waals surface area contributed by atoms with Gasteiger partial charge in [0.05, 0.1) is 38.7 Å². The Morgan fingerprint density at radius 3 is 2.62 bits per heavy atom. The number of rotatable bonds is 7. The summed E-state index contributed by atoms with van der Waals surface area (Å²) in [4.78, 5) is 0. The van der Waals surface area contributed by atoms with Crippen LogP contribution in [0.3, 0.4) is 0 Å². The number of aromatic nitrogens is 3. The Kier molecular flexibility index (Phi) is 5.74. The third-order valence-electron chi connectivity index (χ3n) is 4.97. The van der Waals surface area contributed by atoms with Gasteiger partial charge in [0.15, 0.2) is 0 Å². The number of nitrogens with zero attached hydrogens (tertiary/aromatic N) is 4. The summed E-state index contributed by atoms with van der Waals surface area (Å²) in [5.74, 6) is 7.27. The predicted octanol–water partition coefficient (Wildman–Crippen LogP) is 1.64. The van der Waals surface area contributed by atoms with E-state index in [4.69, 9.17) is 19.9 Å². The number of hydrazine groups is 1. The minimum absolute atomic E-state index is 0.170. The zero-order valence-corrected chi connectivity index (χ0v) is 18.2. The molecule has 2 heterocycles. The Hall–Kier alpha value is -3.61. The van der Waals surface area contributed by atoms with Crippen LogP contribution >= 0.6 is 0 Å². The second-order valence-corrected chi connectivity index (χ2v) is 8.22. The highest BCUT2D eigenvalue weighted by molar-refractivity contribution is 7.87. The van der Waals surface area contributed by atoms with Crippen LogP contribution in [0.5, 0.6) is 11.5 Å². The summed E-state index contributed by atoms with van der Waals surface area (Å²) in [5, 5.41) is 10.3. The van der Waals surface area contributed by atoms with Gasteiger partial charge in [0.25, 0.3) is 0 Å². The van der Waals surface area contributed by atoms with Gasteiger partial charge in [-0.05, 0) is 12.1 Å². The van der Waals surface area contributed by atoms with Gasteiger partial charge in [-0.2, -0.15) is 8.42 Å². The van der Waals surface area contributed by atoms with Crippen molar-refractivity contribution in [2.45, 2.75) is 13.1 Å². The first-order valence-electron chi connectivity index (χ1n) is 9.50. The molecule has 0 aliphatic carbocycles. The molecule has 0 radical (unpaired) electrons. The summed E-state index contributed by atoms with van der Waals surface area (Å²) >= 11 is 0. The highest BCUT2D eigenvalue weighted by Gasteiger charge is 2.26. The maximum absolute atomic E-state index is 11.1. The smallest absolute Gasteiger partial charge is 0.357 e. The predicted molar refractivity (Wildman–Crippen MR) is 117 cm³/mol. The average Bonchev–Trinajstić information content (AvgIpc) is 3.15. The molecular weight excluding hydrogens is 436 g/mol. The normalized spacial score (nSPS) is 13.4. The SMILES string of the molecule is COc1cc(NS(=O)(=O)O)ccc1Cn1nnc2c1CN(N)C=C2c1ccccc1OC. The summed E-state index contributed by atoms with van der Waals surface area (Å²) in [6.07, 6.45) is 1.80. The quantitative estimate of drug-likeness (QED) is 0.355. The van der Waals surface area contributed by atoms with E-state index in [1.165, 1.54) is 19.2 Å². The molecule has 0 spiro atoms. The lowest BCUT2D eigenvalue weighted by Crippen LogP contribution is -2.30. The third-order valence-corrected chi connectivity index (χ3v) is 5.46. The van der Waals surface area contributed by atoms with Crippen molar-refractivity contribution in [2.75, 3.05) is 18.9 Å². The van der Waals surface area contributed by atoms with E-state index in [1.807, 2.05) is 29.0 Å². The number of ether oxygens (including phenoxy) is 2. The highest BCUT2D eigenvalue weighted by Crippen LogP contribution is 2.35. The summed E-state index contributed by atoms with van der Waals surface area (Å²) in [6.45, 7) is 0.705. The minimum atomic E-state index is -4.39. The number of anilines is 1. The summed E-state index contributed by atoms with van der Waals surface area (Å²) < 4.78 is 45.7. The standard InChI is InChI=1S/C20H22N6O5S/c1-30-18-6-4-3-5-15(18)16-11-25(21)12-17-20(16)22-24-26(17)10-13-7-8-14(9-19(13)31-2)23-32(27,28)29/h3-9,11,23H,10,12,21H2,1-2H3,(H,27,28,29). The molecule has 1 aromatic heterocycles. The maximum Gasteiger partial charge on any atom is 0.357 e. The molecule has 4 N–H and O–H groups in total. The molecule has 1 aliphatic heterocycles. The van der Waals surface area contributed by atoms with Crippen LogP contribution in [0.1, 0.15) is 22.5 Å². The first-order valence-corrected chi connectivity index (χ1v) is 10.9. The van der Waals surface area contributed by atoms with Gasteiger partial charge in [0, 0.05) is 29.0 Å². The van der Waals surface area contributed by atoms with Gasteiger partial charge < -0.3 is 14.5 Å². The van der Waals surface area contributed by atoms with Crippen LogP contribution in [0.4, 0.5) is 5.69 Å². The van der Waals surface area contributed by atoms with E-state index in [0.717, 1.165) is 22.4 Å². The summed E-state index contributed by atoms with van der Waals surface area (Å²) in [7, 11) is -1.32. The van der Waals surface area contributed by atoms with Crippen molar-refractivity contribution in [3.05, 3.63) is 71.2 Å². The van der Waals surface area contributed by atoms with E-state index in [0.29, 0.717) is 30.3 Å². The zero-order valence-electron chi connectivity index (χ0n) is 17.4. The fourth-order valence-corrected chi connectivity index (χ4v) is 4.01. The molecule has 0 atom stereocenters. The number of methoxy groups -OCH3 is 2. The van der Waals surface area contributed by atoms with Gasteiger partial charge in [-0.3, -0.25) is 9.27 Å². The Labute approximate surface area is 184 Å². The molecule has 3 aromatic rings. The van der Waals surface area contributed by atoms with Gasteiger partial charge >= 0.3 is 10.3 Å². The molecule has 12 heteroatoms. The maximum atomic E-state index is 11.1. The molecule has 0 bridgehead atoms. The number of nitrogens with one attached hydrogen (secondary N) is 1. The van der Waals surface area contributed by atoms with E-state index in [-0.39, 0.29) is 5.69 Å². The highest BCUT2D eigenvalue weighted by atomic mass is 32.2.